The van der Waals surface area contributed by atoms with Gasteiger partial charge in [-0.1, -0.05) is 6.07 Å². The van der Waals surface area contributed by atoms with Gasteiger partial charge in [-0.15, -0.1) is 11.3 Å². The van der Waals surface area contributed by atoms with E-state index in [2.05, 4.69) is 9.97 Å². The average molecular weight is 358 g/mol. The van der Waals surface area contributed by atoms with Crippen molar-refractivity contribution in [3.63, 3.8) is 0 Å². The summed E-state index contributed by atoms with van der Waals surface area (Å²) in [6, 6.07) is 5.88. The standard InChI is InChI=1S/C18H22N4O2S/c1-13-17(18(24)22-11-9-21(10-12-22)14(2)23)25-16(20-13)7-6-15-5-3-4-8-19-15/h3-5,8H,6-7,9-12H2,1-2H3. The minimum Gasteiger partial charge on any atom is -0.339 e. The highest BCUT2D eigenvalue weighted by Gasteiger charge is 2.26. The number of carbonyl (C=O) groups is 2. The topological polar surface area (TPSA) is 66.4 Å². The molecule has 0 radical (unpaired) electrons. The molecule has 1 saturated heterocycles. The lowest BCUT2D eigenvalue weighted by Gasteiger charge is -2.34. The normalized spacial score (nSPS) is 14.6. The van der Waals surface area contributed by atoms with Crippen molar-refractivity contribution in [3.8, 4) is 0 Å². The molecule has 0 aromatic carbocycles. The van der Waals surface area contributed by atoms with E-state index >= 15 is 0 Å². The Balaban J connectivity index is 1.62. The Morgan fingerprint density at radius 3 is 2.48 bits per heavy atom. The molecule has 2 aromatic heterocycles. The fourth-order valence-corrected chi connectivity index (χ4v) is 3.94. The van der Waals surface area contributed by atoms with E-state index < -0.39 is 0 Å². The second kappa shape index (κ2) is 7.74. The van der Waals surface area contributed by atoms with Crippen molar-refractivity contribution in [1.29, 1.82) is 0 Å². The Kier molecular flexibility index (Phi) is 5.43. The first-order chi connectivity index (χ1) is 12.0. The van der Waals surface area contributed by atoms with Gasteiger partial charge in [0.15, 0.2) is 0 Å². The van der Waals surface area contributed by atoms with Gasteiger partial charge in [-0.05, 0) is 25.5 Å². The highest BCUT2D eigenvalue weighted by molar-refractivity contribution is 7.13. The van der Waals surface area contributed by atoms with Gasteiger partial charge in [0.05, 0.1) is 10.7 Å². The van der Waals surface area contributed by atoms with Crippen molar-refractivity contribution in [1.82, 2.24) is 19.8 Å². The van der Waals surface area contributed by atoms with Gasteiger partial charge in [0.25, 0.3) is 5.91 Å². The van der Waals surface area contributed by atoms with Gasteiger partial charge < -0.3 is 9.80 Å². The maximum atomic E-state index is 12.8. The SMILES string of the molecule is CC(=O)N1CCN(C(=O)c2sc(CCc3ccccn3)nc2C)CC1. The van der Waals surface area contributed by atoms with Crippen LogP contribution in [0.3, 0.4) is 0 Å². The van der Waals surface area contributed by atoms with Gasteiger partial charge >= 0.3 is 0 Å². The molecule has 7 heteroatoms. The molecule has 0 aliphatic carbocycles. The number of nitrogens with zero attached hydrogens (tertiary/aromatic N) is 4. The number of piperazine rings is 1. The van der Waals surface area contributed by atoms with Crippen LogP contribution in [-0.4, -0.2) is 57.8 Å². The molecular formula is C18H22N4O2S. The molecule has 1 aliphatic heterocycles. The van der Waals surface area contributed by atoms with Crippen LogP contribution in [0.5, 0.6) is 0 Å². The number of aromatic nitrogens is 2. The summed E-state index contributed by atoms with van der Waals surface area (Å²) < 4.78 is 0. The number of carbonyl (C=O) groups excluding carboxylic acids is 2. The zero-order valence-electron chi connectivity index (χ0n) is 14.6. The van der Waals surface area contributed by atoms with Crippen LogP contribution in [0, 0.1) is 6.92 Å². The predicted molar refractivity (Wildman–Crippen MR) is 96.7 cm³/mol. The smallest absolute Gasteiger partial charge is 0.265 e. The summed E-state index contributed by atoms with van der Waals surface area (Å²) in [5.41, 5.74) is 1.82. The number of thiazole rings is 1. The molecule has 132 valence electrons. The van der Waals surface area contributed by atoms with E-state index in [1.54, 1.807) is 18.0 Å². The van der Waals surface area contributed by atoms with Crippen molar-refractivity contribution in [2.24, 2.45) is 0 Å². The predicted octanol–water partition coefficient (Wildman–Crippen LogP) is 1.94. The highest BCUT2D eigenvalue weighted by Crippen LogP contribution is 2.22. The van der Waals surface area contributed by atoms with E-state index in [1.165, 1.54) is 11.3 Å². The fourth-order valence-electron chi connectivity index (χ4n) is 2.91. The van der Waals surface area contributed by atoms with Crippen LogP contribution in [0.15, 0.2) is 24.4 Å². The zero-order valence-corrected chi connectivity index (χ0v) is 15.4. The second-order valence-electron chi connectivity index (χ2n) is 6.14. The van der Waals surface area contributed by atoms with Gasteiger partial charge in [-0.2, -0.15) is 0 Å². The Labute approximate surface area is 151 Å². The van der Waals surface area contributed by atoms with Crippen molar-refractivity contribution >= 4 is 23.2 Å². The first-order valence-electron chi connectivity index (χ1n) is 8.45. The summed E-state index contributed by atoms with van der Waals surface area (Å²) in [4.78, 5) is 37.4. The van der Waals surface area contributed by atoms with Gasteiger partial charge in [-0.25, -0.2) is 4.98 Å². The number of hydrogen-bond donors (Lipinski definition) is 0. The van der Waals surface area contributed by atoms with E-state index in [0.29, 0.717) is 31.1 Å². The van der Waals surface area contributed by atoms with Gasteiger partial charge in [-0.3, -0.25) is 14.6 Å². The number of hydrogen-bond acceptors (Lipinski definition) is 5. The van der Waals surface area contributed by atoms with Gasteiger partial charge in [0, 0.05) is 51.4 Å². The van der Waals surface area contributed by atoms with E-state index in [0.717, 1.165) is 29.2 Å². The number of pyridine rings is 1. The Morgan fingerprint density at radius 2 is 1.84 bits per heavy atom. The summed E-state index contributed by atoms with van der Waals surface area (Å²) in [5.74, 6) is 0.0974. The molecule has 3 heterocycles. The second-order valence-corrected chi connectivity index (χ2v) is 7.23. The summed E-state index contributed by atoms with van der Waals surface area (Å²) in [5, 5.41) is 0.967. The average Bonchev–Trinajstić information content (AvgIpc) is 3.01. The third kappa shape index (κ3) is 4.22. The first-order valence-corrected chi connectivity index (χ1v) is 9.27. The number of rotatable bonds is 4. The molecule has 0 unspecified atom stereocenters. The zero-order chi connectivity index (χ0) is 17.8. The van der Waals surface area contributed by atoms with Crippen LogP contribution < -0.4 is 0 Å². The maximum absolute atomic E-state index is 12.8. The Morgan fingerprint density at radius 1 is 1.12 bits per heavy atom. The minimum atomic E-state index is 0.0299. The van der Waals surface area contributed by atoms with E-state index in [4.69, 9.17) is 0 Å². The molecule has 0 bridgehead atoms. The van der Waals surface area contributed by atoms with Crippen molar-refractivity contribution in [2.45, 2.75) is 26.7 Å². The molecule has 0 saturated carbocycles. The molecular weight excluding hydrogens is 336 g/mol. The van der Waals surface area contributed by atoms with Crippen molar-refractivity contribution < 1.29 is 9.59 Å². The van der Waals surface area contributed by atoms with E-state index in [-0.39, 0.29) is 11.8 Å². The van der Waals surface area contributed by atoms with Crippen molar-refractivity contribution in [2.75, 3.05) is 26.2 Å². The maximum Gasteiger partial charge on any atom is 0.265 e. The molecule has 1 aliphatic rings. The molecule has 3 rings (SSSR count). The van der Waals surface area contributed by atoms with Crippen LogP contribution in [0.4, 0.5) is 0 Å². The summed E-state index contributed by atoms with van der Waals surface area (Å²) in [7, 11) is 0. The third-order valence-electron chi connectivity index (χ3n) is 4.37. The summed E-state index contributed by atoms with van der Waals surface area (Å²) in [6.45, 7) is 5.83. The molecule has 0 spiro atoms. The molecule has 2 amide bonds. The van der Waals surface area contributed by atoms with E-state index in [1.807, 2.05) is 30.0 Å². The van der Waals surface area contributed by atoms with Crippen LogP contribution in [-0.2, 0) is 17.6 Å². The van der Waals surface area contributed by atoms with Crippen LogP contribution >= 0.6 is 11.3 Å². The first kappa shape index (κ1) is 17.5. The lowest BCUT2D eigenvalue weighted by atomic mass is 10.2. The summed E-state index contributed by atoms with van der Waals surface area (Å²) >= 11 is 1.48. The molecule has 6 nitrogen and oxygen atoms in total. The van der Waals surface area contributed by atoms with Crippen molar-refractivity contribution in [3.05, 3.63) is 45.7 Å². The van der Waals surface area contributed by atoms with E-state index in [9.17, 15) is 9.59 Å². The Hall–Kier alpha value is -2.28. The molecule has 1 fully saturated rings. The largest absolute Gasteiger partial charge is 0.339 e. The minimum absolute atomic E-state index is 0.0299. The number of amides is 2. The fraction of sp³-hybridized carbons (Fsp3) is 0.444. The molecule has 2 aromatic rings. The highest BCUT2D eigenvalue weighted by atomic mass is 32.1. The lowest BCUT2D eigenvalue weighted by Crippen LogP contribution is -2.50. The third-order valence-corrected chi connectivity index (χ3v) is 5.57. The quantitative estimate of drug-likeness (QED) is 0.838. The van der Waals surface area contributed by atoms with Crippen LogP contribution in [0.25, 0.3) is 0 Å². The Bertz CT molecular complexity index is 752. The molecule has 25 heavy (non-hydrogen) atoms. The molecule has 0 N–H and O–H groups in total. The van der Waals surface area contributed by atoms with Gasteiger partial charge in [0.1, 0.15) is 4.88 Å². The van der Waals surface area contributed by atoms with Gasteiger partial charge in [0.2, 0.25) is 5.91 Å². The lowest BCUT2D eigenvalue weighted by molar-refractivity contribution is -0.130. The molecule has 0 atom stereocenters. The van der Waals surface area contributed by atoms with Crippen LogP contribution in [0.1, 0.15) is 33.0 Å². The summed E-state index contributed by atoms with van der Waals surface area (Å²) in [6.07, 6.45) is 3.39. The number of aryl methyl sites for hydroxylation is 3. The van der Waals surface area contributed by atoms with Crippen LogP contribution in [0.2, 0.25) is 0 Å². The monoisotopic (exact) mass is 358 g/mol.